The number of aliphatic hydroxyl groups is 5. The number of terminal acetylenes is 1. The molecule has 101 heavy (non-hydrogen) atoms. The van der Waals surface area contributed by atoms with Crippen molar-refractivity contribution in [3.05, 3.63) is 0 Å². The smallest absolute Gasteiger partial charge is 0.135 e. The van der Waals surface area contributed by atoms with Gasteiger partial charge in [0.25, 0.3) is 0 Å². The fraction of sp³-hybridized carbons (Fsp3) is 0.965. The number of alkyl halides is 1. The molecule has 0 aromatic rings. The van der Waals surface area contributed by atoms with Crippen LogP contribution in [0, 0.1) is 95.6 Å². The van der Waals surface area contributed by atoms with E-state index in [0.29, 0.717) is 123 Å². The summed E-state index contributed by atoms with van der Waals surface area (Å²) in [5.41, 5.74) is 2.94. The number of carbonyl (C=O) groups is 1. The second-order valence-electron chi connectivity index (χ2n) is 45.2. The standard InChI is InChI=1S/C10H21NO2.C10H19NO.C10H21N.C10H17N.C9H18FN.3C9H19NO.C9H19N/c1-9(2,3)4-11-5-10(6-11,7-12)8-13;1-8(12)9-5-11(6-9)7-10(2,3)4;1-9(2,3)6-11-7-10(4,5)8-11;1-5-9-6-11(7-9)8-10(2,3)4;1-8(2,3)5-11-6-9(4,10)7-11;1-9(2,3)7-10-4-8(5-10)6-11;2*1-9(2,3)7-10-5-4-8(10)6-11;1-8-5-10(6-8)7-9(2,3)4/h12-13H,4-8H2,1-3H3;9H,5-7H2,1-4H3;6-8H2,1-5H3;1,9H,6-8H2,2-4H3;5-7H2,1-4H3;3*8,11H,4-7H2,1-3H3;8H,5-7H2,1-4H3/t;;;;;;2*8-;/m......10./s1. The van der Waals surface area contributed by atoms with Crippen molar-refractivity contribution in [2.45, 2.75) is 252 Å². The van der Waals surface area contributed by atoms with E-state index in [4.69, 9.17) is 32.0 Å². The first-order chi connectivity index (χ1) is 45.4. The van der Waals surface area contributed by atoms with Gasteiger partial charge in [-0.2, -0.15) is 0 Å². The zero-order chi connectivity index (χ0) is 78.6. The average Bonchev–Trinajstić information content (AvgIpc) is 0.774. The maximum absolute atomic E-state index is 13.0. The van der Waals surface area contributed by atoms with Crippen LogP contribution in [-0.4, -0.2) is 290 Å². The summed E-state index contributed by atoms with van der Waals surface area (Å²) in [5.74, 6) is 5.47. The van der Waals surface area contributed by atoms with Crippen molar-refractivity contribution in [1.29, 1.82) is 0 Å². The molecular weight excluding hydrogens is 1260 g/mol. The summed E-state index contributed by atoms with van der Waals surface area (Å²) in [5, 5.41) is 44.7. The first kappa shape index (κ1) is 97.6. The van der Waals surface area contributed by atoms with Gasteiger partial charge in [0.1, 0.15) is 11.5 Å². The van der Waals surface area contributed by atoms with Gasteiger partial charge in [-0.1, -0.05) is 208 Å². The third-order valence-corrected chi connectivity index (χ3v) is 18.5. The Balaban J connectivity index is 0.000000569. The quantitative estimate of drug-likeness (QED) is 0.0990. The van der Waals surface area contributed by atoms with Crippen molar-refractivity contribution in [2.24, 2.45) is 83.2 Å². The van der Waals surface area contributed by atoms with Crippen LogP contribution in [0.5, 0.6) is 0 Å². The number of hydrogen-bond donors (Lipinski definition) is 5. The van der Waals surface area contributed by atoms with E-state index in [1.54, 1.807) is 13.8 Å². The van der Waals surface area contributed by atoms with Crippen molar-refractivity contribution >= 4 is 5.78 Å². The van der Waals surface area contributed by atoms with Gasteiger partial charge in [-0.05, 0) is 86.8 Å². The molecular formula is C85H172FN9O6. The van der Waals surface area contributed by atoms with Gasteiger partial charge in [0.15, 0.2) is 0 Å². The van der Waals surface area contributed by atoms with Gasteiger partial charge in [-0.25, -0.2) is 4.39 Å². The molecule has 15 nitrogen and oxygen atoms in total. The number of Topliss-reactive ketones (excluding diaryl/α,β-unsaturated/α-hetero) is 1. The normalized spacial score (nSPS) is 23.5. The Bertz CT molecular complexity index is 2210. The second-order valence-corrected chi connectivity index (χ2v) is 45.2. The van der Waals surface area contributed by atoms with E-state index in [1.807, 2.05) is 0 Å². The van der Waals surface area contributed by atoms with Crippen LogP contribution in [0.25, 0.3) is 0 Å². The van der Waals surface area contributed by atoms with E-state index < -0.39 is 5.67 Å². The highest BCUT2D eigenvalue weighted by Gasteiger charge is 2.44. The summed E-state index contributed by atoms with van der Waals surface area (Å²) >= 11 is 0. The Morgan fingerprint density at radius 1 is 0.406 bits per heavy atom. The summed E-state index contributed by atoms with van der Waals surface area (Å²) in [4.78, 5) is 32.3. The number of rotatable bonds is 15. The van der Waals surface area contributed by atoms with E-state index in [0.717, 1.165) is 97.5 Å². The maximum atomic E-state index is 13.0. The molecule has 16 heteroatoms. The highest BCUT2D eigenvalue weighted by atomic mass is 19.1. The Labute approximate surface area is 626 Å². The molecule has 0 bridgehead atoms. The van der Waals surface area contributed by atoms with Crippen LogP contribution in [-0.2, 0) is 4.79 Å². The lowest BCUT2D eigenvalue weighted by Crippen LogP contribution is -2.61. The van der Waals surface area contributed by atoms with Crippen LogP contribution in [0.1, 0.15) is 234 Å². The molecule has 0 saturated carbocycles. The Hall–Kier alpha value is -1.40. The highest BCUT2D eigenvalue weighted by Crippen LogP contribution is 2.35. The minimum Gasteiger partial charge on any atom is -0.396 e. The molecule has 0 spiro atoms. The van der Waals surface area contributed by atoms with Crippen LogP contribution in [0.2, 0.25) is 0 Å². The molecule has 0 amide bonds. The van der Waals surface area contributed by atoms with E-state index >= 15 is 0 Å². The Morgan fingerprint density at radius 3 is 0.911 bits per heavy atom. The fourth-order valence-corrected chi connectivity index (χ4v) is 14.9. The largest absolute Gasteiger partial charge is 0.396 e. The summed E-state index contributed by atoms with van der Waals surface area (Å²) < 4.78 is 13.0. The molecule has 600 valence electrons. The van der Waals surface area contributed by atoms with Crippen molar-refractivity contribution in [2.75, 3.05) is 197 Å². The summed E-state index contributed by atoms with van der Waals surface area (Å²) in [6, 6.07) is 0.906. The molecule has 9 fully saturated rings. The molecule has 0 radical (unpaired) electrons. The van der Waals surface area contributed by atoms with Crippen molar-refractivity contribution in [3.63, 3.8) is 0 Å². The molecule has 2 atom stereocenters. The monoisotopic (exact) mass is 1430 g/mol. The fourth-order valence-electron chi connectivity index (χ4n) is 14.9. The van der Waals surface area contributed by atoms with Crippen LogP contribution >= 0.6 is 0 Å². The summed E-state index contributed by atoms with van der Waals surface area (Å²) in [7, 11) is 0. The average molecular weight is 1440 g/mol. The van der Waals surface area contributed by atoms with Crippen molar-refractivity contribution in [3.8, 4) is 12.3 Å². The van der Waals surface area contributed by atoms with E-state index in [1.165, 1.54) is 71.7 Å². The molecule has 9 rings (SSSR count). The first-order valence-corrected chi connectivity index (χ1v) is 39.7. The van der Waals surface area contributed by atoms with Crippen LogP contribution in [0.15, 0.2) is 0 Å². The van der Waals surface area contributed by atoms with Gasteiger partial charge in [0.2, 0.25) is 0 Å². The molecule has 9 heterocycles. The molecule has 0 unspecified atom stereocenters. The van der Waals surface area contributed by atoms with Gasteiger partial charge in [-0.15, -0.1) is 12.3 Å². The van der Waals surface area contributed by atoms with Gasteiger partial charge in [0.05, 0.1) is 26.4 Å². The molecule has 5 N–H and O–H groups in total. The van der Waals surface area contributed by atoms with Gasteiger partial charge in [-0.3, -0.25) is 19.5 Å². The molecule has 0 aromatic heterocycles. The van der Waals surface area contributed by atoms with Crippen molar-refractivity contribution in [1.82, 2.24) is 44.1 Å². The van der Waals surface area contributed by atoms with E-state index in [9.17, 15) is 9.18 Å². The molecule has 0 aliphatic carbocycles. The minimum atomic E-state index is -0.911. The lowest BCUT2D eigenvalue weighted by Gasteiger charge is -2.50. The van der Waals surface area contributed by atoms with Crippen LogP contribution < -0.4 is 0 Å². The van der Waals surface area contributed by atoms with Gasteiger partial charge < -0.3 is 54.9 Å². The zero-order valence-corrected chi connectivity index (χ0v) is 72.7. The zero-order valence-electron chi connectivity index (χ0n) is 72.7. The lowest BCUT2D eigenvalue weighted by atomic mass is 9.80. The van der Waals surface area contributed by atoms with Crippen LogP contribution in [0.3, 0.4) is 0 Å². The highest BCUT2D eigenvalue weighted by molar-refractivity contribution is 5.79. The maximum Gasteiger partial charge on any atom is 0.135 e. The first-order valence-electron chi connectivity index (χ1n) is 39.7. The number of nitrogens with zero attached hydrogens (tertiary/aromatic N) is 9. The minimum absolute atomic E-state index is 0.101. The molecule has 9 aliphatic heterocycles. The topological polar surface area (TPSA) is 147 Å². The Kier molecular flexibility index (Phi) is 39.5. The van der Waals surface area contributed by atoms with E-state index in [-0.39, 0.29) is 18.6 Å². The number of likely N-dealkylation sites (tertiary alicyclic amines) is 9. The van der Waals surface area contributed by atoms with Crippen molar-refractivity contribution < 1.29 is 34.7 Å². The Morgan fingerprint density at radius 2 is 0.683 bits per heavy atom. The third kappa shape index (κ3) is 45.9. The molecule has 0 aromatic carbocycles. The third-order valence-electron chi connectivity index (χ3n) is 18.5. The SMILES string of the molecule is C#CC1CN(CC(C)(C)C)C1.CC(=O)C1CN(CC(C)(C)C)C1.CC(C)(C)CN1CC(C)(C)C1.CC(C)(C)CN1CC(C)(F)C1.CC(C)(C)CN1CC(CO)(CO)C1.CC(C)(C)CN1CC(CO)C1.CC(C)(C)CN1CC[C@@H]1CO.CC(C)(C)CN1CC[C@H]1CO.CC1CN(CC(C)(C)C)C1. The number of hydrogen-bond acceptors (Lipinski definition) is 15. The molecule has 9 saturated heterocycles. The summed E-state index contributed by atoms with van der Waals surface area (Å²) in [6.07, 6.45) is 7.63. The van der Waals surface area contributed by atoms with Crippen LogP contribution in [0.4, 0.5) is 4.39 Å². The number of aliphatic hydroxyl groups excluding tert-OH is 5. The van der Waals surface area contributed by atoms with E-state index in [2.05, 4.69) is 258 Å². The number of carbonyl (C=O) groups excluding carboxylic acids is 1. The molecule has 9 aliphatic rings. The lowest BCUT2D eigenvalue weighted by molar-refractivity contribution is -0.126. The second kappa shape index (κ2) is 40.9. The summed E-state index contributed by atoms with van der Waals surface area (Å²) in [6.45, 7) is 99.2. The predicted octanol–water partition coefficient (Wildman–Crippen LogP) is 13.1. The number of halogens is 1. The predicted molar refractivity (Wildman–Crippen MR) is 430 cm³/mol. The van der Waals surface area contributed by atoms with Gasteiger partial charge >= 0.3 is 0 Å². The van der Waals surface area contributed by atoms with Gasteiger partial charge in [0, 0.05) is 205 Å². The number of ketones is 1.